The fourth-order valence-corrected chi connectivity index (χ4v) is 3.62. The van der Waals surface area contributed by atoms with Crippen molar-refractivity contribution < 1.29 is 4.79 Å². The van der Waals surface area contributed by atoms with Gasteiger partial charge in [0.05, 0.1) is 12.1 Å². The second-order valence-electron chi connectivity index (χ2n) is 6.63. The van der Waals surface area contributed by atoms with E-state index in [4.69, 9.17) is 0 Å². The molecule has 2 atom stereocenters. The lowest BCUT2D eigenvalue weighted by Gasteiger charge is -2.30. The number of aromatic amines is 1. The standard InChI is InChI=1S/C19H25N3O/c1-13-18(14(2)22-21-13)12-19(23)20-17-10-6-9-16(11-17)15-7-4-3-5-8-15/h3-5,7-8,16-17H,6,9-12H2,1-2H3,(H,20,23)(H,21,22)/t16-,17+/m0/s1. The summed E-state index contributed by atoms with van der Waals surface area (Å²) in [6.45, 7) is 3.91. The van der Waals surface area contributed by atoms with E-state index in [0.717, 1.165) is 29.8 Å². The van der Waals surface area contributed by atoms with Gasteiger partial charge in [-0.2, -0.15) is 5.10 Å². The molecule has 0 unspecified atom stereocenters. The Morgan fingerprint density at radius 1 is 1.26 bits per heavy atom. The molecule has 1 aromatic heterocycles. The number of aryl methyl sites for hydroxylation is 2. The van der Waals surface area contributed by atoms with Gasteiger partial charge in [0.25, 0.3) is 0 Å². The summed E-state index contributed by atoms with van der Waals surface area (Å²) in [7, 11) is 0. The van der Waals surface area contributed by atoms with Gasteiger partial charge in [-0.1, -0.05) is 36.8 Å². The summed E-state index contributed by atoms with van der Waals surface area (Å²) in [4.78, 5) is 12.4. The normalized spacial score (nSPS) is 21.1. The first-order chi connectivity index (χ1) is 11.1. The number of H-pyrrole nitrogens is 1. The number of carbonyl (C=O) groups is 1. The van der Waals surface area contributed by atoms with Gasteiger partial charge in [-0.25, -0.2) is 0 Å². The Bertz CT molecular complexity index is 643. The zero-order chi connectivity index (χ0) is 16.2. The topological polar surface area (TPSA) is 57.8 Å². The minimum absolute atomic E-state index is 0.108. The Kier molecular flexibility index (Phi) is 4.79. The maximum atomic E-state index is 12.4. The number of hydrogen-bond acceptors (Lipinski definition) is 2. The summed E-state index contributed by atoms with van der Waals surface area (Å²) in [6, 6.07) is 10.9. The summed E-state index contributed by atoms with van der Waals surface area (Å²) in [5.74, 6) is 0.670. The minimum atomic E-state index is 0.108. The van der Waals surface area contributed by atoms with E-state index in [2.05, 4.69) is 45.8 Å². The van der Waals surface area contributed by atoms with Gasteiger partial charge in [-0.15, -0.1) is 0 Å². The molecule has 1 aliphatic rings. The van der Waals surface area contributed by atoms with Gasteiger partial charge in [-0.3, -0.25) is 9.89 Å². The van der Waals surface area contributed by atoms with Crippen molar-refractivity contribution in [2.75, 3.05) is 0 Å². The Morgan fingerprint density at radius 3 is 2.74 bits per heavy atom. The van der Waals surface area contributed by atoms with Crippen LogP contribution in [0.3, 0.4) is 0 Å². The van der Waals surface area contributed by atoms with Crippen molar-refractivity contribution in [3.63, 3.8) is 0 Å². The van der Waals surface area contributed by atoms with Gasteiger partial charge >= 0.3 is 0 Å². The van der Waals surface area contributed by atoms with Gasteiger partial charge in [0.1, 0.15) is 0 Å². The molecule has 1 aliphatic carbocycles. The number of aromatic nitrogens is 2. The third-order valence-corrected chi connectivity index (χ3v) is 4.93. The summed E-state index contributed by atoms with van der Waals surface area (Å²) in [6.07, 6.45) is 4.93. The molecule has 1 fully saturated rings. The van der Waals surface area contributed by atoms with Crippen LogP contribution in [0.2, 0.25) is 0 Å². The fraction of sp³-hybridized carbons (Fsp3) is 0.474. The molecule has 1 amide bonds. The number of benzene rings is 1. The molecule has 2 N–H and O–H groups in total. The van der Waals surface area contributed by atoms with Crippen molar-refractivity contribution >= 4 is 5.91 Å². The van der Waals surface area contributed by atoms with E-state index in [1.54, 1.807) is 0 Å². The molecule has 23 heavy (non-hydrogen) atoms. The van der Waals surface area contributed by atoms with Crippen LogP contribution >= 0.6 is 0 Å². The van der Waals surface area contributed by atoms with E-state index in [1.165, 1.54) is 18.4 Å². The molecule has 1 aromatic carbocycles. The van der Waals surface area contributed by atoms with Crippen molar-refractivity contribution in [3.05, 3.63) is 52.8 Å². The Hall–Kier alpha value is -2.10. The maximum absolute atomic E-state index is 12.4. The number of rotatable bonds is 4. The SMILES string of the molecule is Cc1n[nH]c(C)c1CC(=O)N[C@@H]1CCC[C@H](c2ccccc2)C1. The van der Waals surface area contributed by atoms with E-state index in [1.807, 2.05) is 13.8 Å². The van der Waals surface area contributed by atoms with E-state index < -0.39 is 0 Å². The summed E-state index contributed by atoms with van der Waals surface area (Å²) >= 11 is 0. The second kappa shape index (κ2) is 6.99. The Labute approximate surface area is 137 Å². The van der Waals surface area contributed by atoms with Crippen LogP contribution < -0.4 is 5.32 Å². The predicted octanol–water partition coefficient (Wildman–Crippen LogP) is 3.41. The van der Waals surface area contributed by atoms with Gasteiger partial charge < -0.3 is 5.32 Å². The molecule has 2 aromatic rings. The van der Waals surface area contributed by atoms with Crippen molar-refractivity contribution in [1.29, 1.82) is 0 Å². The van der Waals surface area contributed by atoms with Crippen LogP contribution in [0.15, 0.2) is 30.3 Å². The average Bonchev–Trinajstić information content (AvgIpc) is 2.88. The van der Waals surface area contributed by atoms with Crippen LogP contribution in [0.4, 0.5) is 0 Å². The highest BCUT2D eigenvalue weighted by Gasteiger charge is 2.24. The molecular weight excluding hydrogens is 286 g/mol. The minimum Gasteiger partial charge on any atom is -0.353 e. The third kappa shape index (κ3) is 3.81. The number of nitrogens with one attached hydrogen (secondary N) is 2. The van der Waals surface area contributed by atoms with Crippen molar-refractivity contribution in [2.45, 2.75) is 57.9 Å². The molecule has 4 nitrogen and oxygen atoms in total. The molecule has 0 aliphatic heterocycles. The van der Waals surface area contributed by atoms with Crippen LogP contribution in [-0.2, 0) is 11.2 Å². The Balaban J connectivity index is 1.58. The van der Waals surface area contributed by atoms with Crippen molar-refractivity contribution in [2.24, 2.45) is 0 Å². The van der Waals surface area contributed by atoms with Crippen LogP contribution in [0.1, 0.15) is 54.1 Å². The molecule has 1 saturated carbocycles. The number of carbonyl (C=O) groups excluding carboxylic acids is 1. The Morgan fingerprint density at radius 2 is 2.04 bits per heavy atom. The molecular formula is C19H25N3O. The van der Waals surface area contributed by atoms with E-state index in [9.17, 15) is 4.79 Å². The summed E-state index contributed by atoms with van der Waals surface area (Å²) < 4.78 is 0. The number of nitrogens with zero attached hydrogens (tertiary/aromatic N) is 1. The van der Waals surface area contributed by atoms with E-state index >= 15 is 0 Å². The van der Waals surface area contributed by atoms with Gasteiger partial charge in [0.2, 0.25) is 5.91 Å². The number of hydrogen-bond donors (Lipinski definition) is 2. The lowest BCUT2D eigenvalue weighted by atomic mass is 9.81. The van der Waals surface area contributed by atoms with Crippen molar-refractivity contribution in [1.82, 2.24) is 15.5 Å². The number of amides is 1. The first kappa shape index (κ1) is 15.8. The molecule has 0 radical (unpaired) electrons. The monoisotopic (exact) mass is 311 g/mol. The molecule has 0 bridgehead atoms. The molecule has 3 rings (SSSR count). The first-order valence-electron chi connectivity index (χ1n) is 8.48. The van der Waals surface area contributed by atoms with Gasteiger partial charge in [-0.05, 0) is 44.6 Å². The summed E-state index contributed by atoms with van der Waals surface area (Å²) in [5, 5.41) is 10.3. The maximum Gasteiger partial charge on any atom is 0.224 e. The predicted molar refractivity (Wildman–Crippen MR) is 91.3 cm³/mol. The molecule has 0 saturated heterocycles. The highest BCUT2D eigenvalue weighted by Crippen LogP contribution is 2.32. The average molecular weight is 311 g/mol. The van der Waals surface area contributed by atoms with E-state index in [-0.39, 0.29) is 11.9 Å². The van der Waals surface area contributed by atoms with Gasteiger partial charge in [0, 0.05) is 17.3 Å². The highest BCUT2D eigenvalue weighted by atomic mass is 16.1. The van der Waals surface area contributed by atoms with Crippen LogP contribution in [0.25, 0.3) is 0 Å². The quantitative estimate of drug-likeness (QED) is 0.909. The fourth-order valence-electron chi connectivity index (χ4n) is 3.62. The van der Waals surface area contributed by atoms with Crippen LogP contribution in [-0.4, -0.2) is 22.1 Å². The summed E-state index contributed by atoms with van der Waals surface area (Å²) in [5.41, 5.74) is 4.33. The van der Waals surface area contributed by atoms with Gasteiger partial charge in [0.15, 0.2) is 0 Å². The lowest BCUT2D eigenvalue weighted by molar-refractivity contribution is -0.121. The molecule has 4 heteroatoms. The smallest absolute Gasteiger partial charge is 0.224 e. The van der Waals surface area contributed by atoms with Crippen LogP contribution in [0, 0.1) is 13.8 Å². The van der Waals surface area contributed by atoms with E-state index in [0.29, 0.717) is 12.3 Å². The van der Waals surface area contributed by atoms with Crippen molar-refractivity contribution in [3.8, 4) is 0 Å². The first-order valence-corrected chi connectivity index (χ1v) is 8.48. The van der Waals surface area contributed by atoms with Crippen LogP contribution in [0.5, 0.6) is 0 Å². The lowest BCUT2D eigenvalue weighted by Crippen LogP contribution is -2.38. The zero-order valence-corrected chi connectivity index (χ0v) is 13.9. The highest BCUT2D eigenvalue weighted by molar-refractivity contribution is 5.79. The molecule has 1 heterocycles. The zero-order valence-electron chi connectivity index (χ0n) is 13.9. The molecule has 0 spiro atoms. The third-order valence-electron chi connectivity index (χ3n) is 4.93. The largest absolute Gasteiger partial charge is 0.353 e. The second-order valence-corrected chi connectivity index (χ2v) is 6.63. The molecule has 122 valence electrons.